The Labute approximate surface area is 104 Å². The number of carbonyl (C=O) groups excluding carboxylic acids is 1. The highest BCUT2D eigenvalue weighted by molar-refractivity contribution is 7.94. The van der Waals surface area contributed by atoms with Crippen molar-refractivity contribution in [3.8, 4) is 0 Å². The van der Waals surface area contributed by atoms with E-state index in [4.69, 9.17) is 5.11 Å². The standard InChI is InChI=1S/C11H11NO5S/c1-8(13)12-9-2-4-10(5-3-9)18(16,17)7-6-11(14)15/h2-7H,1H3,(H,12,13)(H,14,15)/b7-6+. The first-order chi connectivity index (χ1) is 8.31. The van der Waals surface area contributed by atoms with Crippen molar-refractivity contribution < 1.29 is 23.1 Å². The number of hydrogen-bond acceptors (Lipinski definition) is 4. The van der Waals surface area contributed by atoms with Gasteiger partial charge in [0.05, 0.1) is 4.90 Å². The van der Waals surface area contributed by atoms with Gasteiger partial charge in [0.25, 0.3) is 0 Å². The number of carbonyl (C=O) groups is 2. The van der Waals surface area contributed by atoms with Crippen LogP contribution in [0.2, 0.25) is 0 Å². The SMILES string of the molecule is CC(=O)Nc1ccc(S(=O)(=O)/C=C/C(=O)O)cc1. The van der Waals surface area contributed by atoms with Gasteiger partial charge in [-0.25, -0.2) is 13.2 Å². The van der Waals surface area contributed by atoms with Gasteiger partial charge in [-0.3, -0.25) is 4.79 Å². The molecule has 0 saturated carbocycles. The molecule has 0 fully saturated rings. The third-order valence-corrected chi connectivity index (χ3v) is 3.32. The molecule has 0 aromatic heterocycles. The maximum atomic E-state index is 11.6. The molecule has 0 heterocycles. The Bertz CT molecular complexity index is 586. The molecule has 0 unspecified atom stereocenters. The van der Waals surface area contributed by atoms with Crippen molar-refractivity contribution in [3.63, 3.8) is 0 Å². The Morgan fingerprint density at radius 3 is 2.22 bits per heavy atom. The van der Waals surface area contributed by atoms with Crippen LogP contribution in [0.15, 0.2) is 40.6 Å². The highest BCUT2D eigenvalue weighted by atomic mass is 32.2. The summed E-state index contributed by atoms with van der Waals surface area (Å²) in [6, 6.07) is 5.41. The van der Waals surface area contributed by atoms with Crippen molar-refractivity contribution in [1.82, 2.24) is 0 Å². The van der Waals surface area contributed by atoms with Crippen molar-refractivity contribution in [2.24, 2.45) is 0 Å². The lowest BCUT2D eigenvalue weighted by molar-refractivity contribution is -0.131. The van der Waals surface area contributed by atoms with Gasteiger partial charge >= 0.3 is 5.97 Å². The van der Waals surface area contributed by atoms with Crippen LogP contribution in [-0.2, 0) is 19.4 Å². The molecule has 2 N–H and O–H groups in total. The van der Waals surface area contributed by atoms with Crippen LogP contribution in [0.25, 0.3) is 0 Å². The molecule has 1 amide bonds. The van der Waals surface area contributed by atoms with E-state index in [0.29, 0.717) is 17.2 Å². The average Bonchev–Trinajstić information content (AvgIpc) is 2.26. The van der Waals surface area contributed by atoms with Crippen molar-refractivity contribution in [1.29, 1.82) is 0 Å². The van der Waals surface area contributed by atoms with Crippen LogP contribution >= 0.6 is 0 Å². The summed E-state index contributed by atoms with van der Waals surface area (Å²) < 4.78 is 23.3. The van der Waals surface area contributed by atoms with Crippen molar-refractivity contribution in [3.05, 3.63) is 35.7 Å². The molecule has 1 aromatic rings. The molecule has 0 spiro atoms. The van der Waals surface area contributed by atoms with E-state index < -0.39 is 15.8 Å². The van der Waals surface area contributed by atoms with E-state index in [1.165, 1.54) is 31.2 Å². The van der Waals surface area contributed by atoms with Crippen LogP contribution in [0.3, 0.4) is 0 Å². The van der Waals surface area contributed by atoms with Crippen LogP contribution in [0.4, 0.5) is 5.69 Å². The van der Waals surface area contributed by atoms with E-state index in [0.717, 1.165) is 0 Å². The molecule has 0 aliphatic carbocycles. The Morgan fingerprint density at radius 2 is 1.78 bits per heavy atom. The minimum Gasteiger partial charge on any atom is -0.478 e. The van der Waals surface area contributed by atoms with Gasteiger partial charge in [-0.2, -0.15) is 0 Å². The number of aliphatic carboxylic acids is 1. The fraction of sp³-hybridized carbons (Fsp3) is 0.0909. The number of benzene rings is 1. The molecular weight excluding hydrogens is 258 g/mol. The first-order valence-electron chi connectivity index (χ1n) is 4.85. The summed E-state index contributed by atoms with van der Waals surface area (Å²) >= 11 is 0. The van der Waals surface area contributed by atoms with Gasteiger partial charge in [-0.15, -0.1) is 0 Å². The molecule has 0 radical (unpaired) electrons. The second-order valence-electron chi connectivity index (χ2n) is 3.39. The topological polar surface area (TPSA) is 101 Å². The number of amides is 1. The molecule has 1 aromatic carbocycles. The van der Waals surface area contributed by atoms with E-state index in [-0.39, 0.29) is 10.8 Å². The highest BCUT2D eigenvalue weighted by Gasteiger charge is 2.10. The third-order valence-electron chi connectivity index (χ3n) is 1.89. The number of sulfone groups is 1. The monoisotopic (exact) mass is 269 g/mol. The van der Waals surface area contributed by atoms with Crippen LogP contribution in [0.5, 0.6) is 0 Å². The Morgan fingerprint density at radius 1 is 1.22 bits per heavy atom. The molecule has 0 saturated heterocycles. The van der Waals surface area contributed by atoms with Gasteiger partial charge in [0, 0.05) is 24.1 Å². The molecular formula is C11H11NO5S. The molecule has 0 aliphatic heterocycles. The second-order valence-corrected chi connectivity index (χ2v) is 5.23. The van der Waals surface area contributed by atoms with Gasteiger partial charge in [-0.1, -0.05) is 0 Å². The molecule has 96 valence electrons. The van der Waals surface area contributed by atoms with Crippen molar-refractivity contribution in [2.45, 2.75) is 11.8 Å². The van der Waals surface area contributed by atoms with Crippen molar-refractivity contribution in [2.75, 3.05) is 5.32 Å². The Balaban J connectivity index is 2.98. The summed E-state index contributed by atoms with van der Waals surface area (Å²) in [6.07, 6.45) is 0.553. The summed E-state index contributed by atoms with van der Waals surface area (Å²) in [5, 5.41) is 11.5. The average molecular weight is 269 g/mol. The lowest BCUT2D eigenvalue weighted by atomic mass is 10.3. The predicted octanol–water partition coefficient (Wildman–Crippen LogP) is 1.02. The van der Waals surface area contributed by atoms with Crippen LogP contribution in [0.1, 0.15) is 6.92 Å². The van der Waals surface area contributed by atoms with Crippen LogP contribution < -0.4 is 5.32 Å². The maximum absolute atomic E-state index is 11.6. The quantitative estimate of drug-likeness (QED) is 0.795. The summed E-state index contributed by atoms with van der Waals surface area (Å²) in [5.41, 5.74) is 0.462. The zero-order valence-corrected chi connectivity index (χ0v) is 10.3. The molecule has 1 rings (SSSR count). The number of nitrogens with one attached hydrogen (secondary N) is 1. The highest BCUT2D eigenvalue weighted by Crippen LogP contribution is 2.16. The number of rotatable bonds is 4. The van der Waals surface area contributed by atoms with Gasteiger partial charge in [-0.05, 0) is 24.3 Å². The lowest BCUT2D eigenvalue weighted by Crippen LogP contribution is -2.06. The number of anilines is 1. The minimum atomic E-state index is -3.77. The van der Waals surface area contributed by atoms with Gasteiger partial charge in [0.1, 0.15) is 0 Å². The first kappa shape index (κ1) is 13.9. The molecule has 7 heteroatoms. The van der Waals surface area contributed by atoms with Gasteiger partial charge in [0.2, 0.25) is 5.91 Å². The Hall–Kier alpha value is -2.15. The van der Waals surface area contributed by atoms with E-state index in [2.05, 4.69) is 5.32 Å². The molecule has 6 nitrogen and oxygen atoms in total. The van der Waals surface area contributed by atoms with E-state index in [1.807, 2.05) is 0 Å². The van der Waals surface area contributed by atoms with Gasteiger partial charge in [0.15, 0.2) is 9.84 Å². The molecule has 0 aliphatic rings. The minimum absolute atomic E-state index is 0.0471. The molecule has 0 atom stereocenters. The number of carboxylic acids is 1. The predicted molar refractivity (Wildman–Crippen MR) is 64.7 cm³/mol. The zero-order valence-electron chi connectivity index (χ0n) is 9.45. The molecule has 0 bridgehead atoms. The van der Waals surface area contributed by atoms with E-state index in [9.17, 15) is 18.0 Å². The van der Waals surface area contributed by atoms with E-state index in [1.54, 1.807) is 0 Å². The van der Waals surface area contributed by atoms with Crippen LogP contribution in [0, 0.1) is 0 Å². The Kier molecular flexibility index (Phi) is 4.22. The normalized spacial score (nSPS) is 11.4. The second kappa shape index (κ2) is 5.46. The van der Waals surface area contributed by atoms with E-state index >= 15 is 0 Å². The van der Waals surface area contributed by atoms with Crippen molar-refractivity contribution >= 4 is 27.4 Å². The van der Waals surface area contributed by atoms with Crippen LogP contribution in [-0.4, -0.2) is 25.4 Å². The largest absolute Gasteiger partial charge is 0.478 e. The summed E-state index contributed by atoms with van der Waals surface area (Å²) in [4.78, 5) is 21.0. The van der Waals surface area contributed by atoms with Gasteiger partial charge < -0.3 is 10.4 Å². The number of hydrogen-bond donors (Lipinski definition) is 2. The summed E-state index contributed by atoms with van der Waals surface area (Å²) in [6.45, 7) is 1.33. The summed E-state index contributed by atoms with van der Waals surface area (Å²) in [5.74, 6) is -1.61. The smallest absolute Gasteiger partial charge is 0.329 e. The summed E-state index contributed by atoms with van der Waals surface area (Å²) in [7, 11) is -3.77. The number of carboxylic acid groups (broad SMARTS) is 1. The third kappa shape index (κ3) is 4.02. The first-order valence-corrected chi connectivity index (χ1v) is 6.39. The molecule has 18 heavy (non-hydrogen) atoms. The maximum Gasteiger partial charge on any atom is 0.329 e. The fourth-order valence-corrected chi connectivity index (χ4v) is 2.13. The zero-order chi connectivity index (χ0) is 13.8. The fourth-order valence-electron chi connectivity index (χ4n) is 1.16. The lowest BCUT2D eigenvalue weighted by Gasteiger charge is -2.03.